The molecule has 3 aromatic carbocycles. The lowest BCUT2D eigenvalue weighted by Gasteiger charge is -2.07. The minimum absolute atomic E-state index is 0.161. The Kier molecular flexibility index (Phi) is 2.35. The van der Waals surface area contributed by atoms with Crippen molar-refractivity contribution < 1.29 is 23.8 Å². The summed E-state index contributed by atoms with van der Waals surface area (Å²) in [5, 5.41) is 3.88. The fourth-order valence-electron chi connectivity index (χ4n) is 2.40. The van der Waals surface area contributed by atoms with Gasteiger partial charge in [0.05, 0.1) is 0 Å². The van der Waals surface area contributed by atoms with Crippen molar-refractivity contribution >= 4 is 33.9 Å². The Labute approximate surface area is 118 Å². The van der Waals surface area contributed by atoms with E-state index in [1.165, 1.54) is 0 Å². The molecule has 0 radical (unpaired) electrons. The molecule has 0 unspecified atom stereocenters. The molecule has 0 aliphatic carbocycles. The Morgan fingerprint density at radius 3 is 1.52 bits per heavy atom. The van der Waals surface area contributed by atoms with Crippen LogP contribution in [0.3, 0.4) is 0 Å². The third-order valence-corrected chi connectivity index (χ3v) is 3.32. The number of carbonyl (C=O) groups excluding carboxylic acids is 2. The van der Waals surface area contributed by atoms with Crippen LogP contribution in [0.1, 0.15) is 0 Å². The van der Waals surface area contributed by atoms with Crippen molar-refractivity contribution in [1.82, 2.24) is 0 Å². The van der Waals surface area contributed by atoms with Crippen molar-refractivity contribution in [2.24, 2.45) is 0 Å². The lowest BCUT2D eigenvalue weighted by Crippen LogP contribution is -2.14. The van der Waals surface area contributed by atoms with Gasteiger partial charge >= 0.3 is 12.3 Å². The molecule has 102 valence electrons. The van der Waals surface area contributed by atoms with Gasteiger partial charge in [0.2, 0.25) is 0 Å². The first-order chi connectivity index (χ1) is 10.2. The third-order valence-electron chi connectivity index (χ3n) is 3.32. The van der Waals surface area contributed by atoms with E-state index in [9.17, 15) is 9.59 Å². The molecule has 0 spiro atoms. The molecule has 1 aliphatic rings. The summed E-state index contributed by atoms with van der Waals surface area (Å²) >= 11 is 0. The summed E-state index contributed by atoms with van der Waals surface area (Å²) in [6.07, 6.45) is -2.20. The summed E-state index contributed by atoms with van der Waals surface area (Å²) in [4.78, 5) is 22.5. The van der Waals surface area contributed by atoms with Gasteiger partial charge < -0.3 is 14.2 Å². The predicted octanol–water partition coefficient (Wildman–Crippen LogP) is 4.02. The number of cyclic esters (lactones) is 2. The highest BCUT2D eigenvalue weighted by Crippen LogP contribution is 2.36. The van der Waals surface area contributed by atoms with E-state index in [1.807, 2.05) is 36.4 Å². The molecule has 0 fully saturated rings. The highest BCUT2D eigenvalue weighted by atomic mass is 16.8. The molecule has 1 aliphatic heterocycles. The molecule has 4 rings (SSSR count). The summed E-state index contributed by atoms with van der Waals surface area (Å²) < 4.78 is 14.2. The van der Waals surface area contributed by atoms with E-state index in [4.69, 9.17) is 9.47 Å². The lowest BCUT2D eigenvalue weighted by molar-refractivity contribution is 0.0998. The van der Waals surface area contributed by atoms with E-state index in [1.54, 1.807) is 12.1 Å². The first-order valence-corrected chi connectivity index (χ1v) is 6.27. The number of rotatable bonds is 0. The van der Waals surface area contributed by atoms with Crippen LogP contribution in [0.15, 0.2) is 48.5 Å². The Hall–Kier alpha value is -3.08. The predicted molar refractivity (Wildman–Crippen MR) is 74.6 cm³/mol. The molecular weight excluding hydrogens is 272 g/mol. The number of benzene rings is 3. The summed E-state index contributed by atoms with van der Waals surface area (Å²) in [5.74, 6) is 0.322. The van der Waals surface area contributed by atoms with Gasteiger partial charge in [0.15, 0.2) is 11.5 Å². The standard InChI is InChI=1S/C16H8O5/c17-15-19-13-7-11-5-9-3-1-2-4-10(9)6-12(11)8-14(13)20-16(18)21-15/h1-8H. The van der Waals surface area contributed by atoms with Crippen molar-refractivity contribution in [2.45, 2.75) is 0 Å². The lowest BCUT2D eigenvalue weighted by atomic mass is 10.0. The van der Waals surface area contributed by atoms with Gasteiger partial charge in [-0.15, -0.1) is 0 Å². The molecular formula is C16H8O5. The highest BCUT2D eigenvalue weighted by molar-refractivity contribution is 6.00. The van der Waals surface area contributed by atoms with Crippen molar-refractivity contribution in [3.63, 3.8) is 0 Å². The maximum absolute atomic E-state index is 11.3. The van der Waals surface area contributed by atoms with Gasteiger partial charge in [0.1, 0.15) is 0 Å². The molecule has 5 heteroatoms. The number of fused-ring (bicyclic) bond motifs is 3. The second kappa shape index (κ2) is 4.21. The SMILES string of the molecule is O=C1OC(=O)Oc2cc3cc4ccccc4cc3cc2O1. The Morgan fingerprint density at radius 1 is 0.571 bits per heavy atom. The first kappa shape index (κ1) is 11.7. The molecule has 3 aromatic rings. The molecule has 0 saturated carbocycles. The summed E-state index contributed by atoms with van der Waals surface area (Å²) in [5.41, 5.74) is 0. The third kappa shape index (κ3) is 1.95. The average Bonchev–Trinajstić information content (AvgIpc) is 2.58. The molecule has 0 N–H and O–H groups in total. The number of carbonyl (C=O) groups is 2. The van der Waals surface area contributed by atoms with E-state index < -0.39 is 12.3 Å². The molecule has 0 atom stereocenters. The minimum Gasteiger partial charge on any atom is -0.391 e. The van der Waals surface area contributed by atoms with E-state index in [2.05, 4.69) is 4.74 Å². The van der Waals surface area contributed by atoms with Crippen LogP contribution >= 0.6 is 0 Å². The number of hydrogen-bond acceptors (Lipinski definition) is 5. The first-order valence-electron chi connectivity index (χ1n) is 6.27. The van der Waals surface area contributed by atoms with Crippen LogP contribution in [0.5, 0.6) is 11.5 Å². The summed E-state index contributed by atoms with van der Waals surface area (Å²) in [6.45, 7) is 0. The van der Waals surface area contributed by atoms with Crippen LogP contribution in [0, 0.1) is 0 Å². The van der Waals surface area contributed by atoms with Crippen LogP contribution in [-0.2, 0) is 4.74 Å². The van der Waals surface area contributed by atoms with Crippen LogP contribution in [-0.4, -0.2) is 12.3 Å². The molecule has 0 bridgehead atoms. The van der Waals surface area contributed by atoms with Gasteiger partial charge in [-0.1, -0.05) is 24.3 Å². The van der Waals surface area contributed by atoms with Crippen molar-refractivity contribution in [3.8, 4) is 11.5 Å². The quantitative estimate of drug-likeness (QED) is 0.269. The fraction of sp³-hybridized carbons (Fsp3) is 0. The van der Waals surface area contributed by atoms with Crippen LogP contribution < -0.4 is 9.47 Å². The van der Waals surface area contributed by atoms with Gasteiger partial charge in [-0.3, -0.25) is 0 Å². The molecule has 21 heavy (non-hydrogen) atoms. The normalized spacial score (nSPS) is 14.1. The van der Waals surface area contributed by atoms with Gasteiger partial charge in [-0.05, 0) is 45.8 Å². The fourth-order valence-corrected chi connectivity index (χ4v) is 2.40. The second-order valence-electron chi connectivity index (χ2n) is 4.65. The molecule has 0 amide bonds. The highest BCUT2D eigenvalue weighted by Gasteiger charge is 2.24. The molecule has 5 nitrogen and oxygen atoms in total. The Morgan fingerprint density at radius 2 is 1.05 bits per heavy atom. The van der Waals surface area contributed by atoms with Gasteiger partial charge in [0, 0.05) is 0 Å². The smallest absolute Gasteiger partial charge is 0.391 e. The van der Waals surface area contributed by atoms with E-state index in [0.29, 0.717) is 0 Å². The van der Waals surface area contributed by atoms with Gasteiger partial charge in [0.25, 0.3) is 0 Å². The van der Waals surface area contributed by atoms with Crippen LogP contribution in [0.2, 0.25) is 0 Å². The minimum atomic E-state index is -1.10. The van der Waals surface area contributed by atoms with Gasteiger partial charge in [-0.2, -0.15) is 0 Å². The molecule has 0 saturated heterocycles. The van der Waals surface area contributed by atoms with Crippen molar-refractivity contribution in [2.75, 3.05) is 0 Å². The van der Waals surface area contributed by atoms with E-state index in [0.717, 1.165) is 21.5 Å². The monoisotopic (exact) mass is 280 g/mol. The zero-order chi connectivity index (χ0) is 14.4. The zero-order valence-electron chi connectivity index (χ0n) is 10.7. The second-order valence-corrected chi connectivity index (χ2v) is 4.65. The summed E-state index contributed by atoms with van der Waals surface area (Å²) in [6, 6.07) is 15.2. The maximum atomic E-state index is 11.3. The Balaban J connectivity index is 1.99. The zero-order valence-corrected chi connectivity index (χ0v) is 10.7. The number of ether oxygens (including phenoxy) is 3. The van der Waals surface area contributed by atoms with Crippen molar-refractivity contribution in [1.29, 1.82) is 0 Å². The van der Waals surface area contributed by atoms with Crippen LogP contribution in [0.25, 0.3) is 21.5 Å². The van der Waals surface area contributed by atoms with E-state index in [-0.39, 0.29) is 11.5 Å². The number of hydrogen-bond donors (Lipinski definition) is 0. The average molecular weight is 280 g/mol. The molecule has 0 aromatic heterocycles. The summed E-state index contributed by atoms with van der Waals surface area (Å²) in [7, 11) is 0. The van der Waals surface area contributed by atoms with Gasteiger partial charge in [-0.25, -0.2) is 9.59 Å². The maximum Gasteiger partial charge on any atom is 0.524 e. The molecule has 1 heterocycles. The Bertz CT molecular complexity index is 839. The largest absolute Gasteiger partial charge is 0.524 e. The van der Waals surface area contributed by atoms with Crippen LogP contribution in [0.4, 0.5) is 9.59 Å². The van der Waals surface area contributed by atoms with E-state index >= 15 is 0 Å². The van der Waals surface area contributed by atoms with Crippen molar-refractivity contribution in [3.05, 3.63) is 48.5 Å². The topological polar surface area (TPSA) is 61.8 Å².